The van der Waals surface area contributed by atoms with Gasteiger partial charge in [-0.15, -0.1) is 0 Å². The van der Waals surface area contributed by atoms with Gasteiger partial charge in [-0.1, -0.05) is 6.07 Å². The van der Waals surface area contributed by atoms with Crippen molar-refractivity contribution in [3.05, 3.63) is 53.6 Å². The Morgan fingerprint density at radius 2 is 2.04 bits per heavy atom. The molecule has 1 aliphatic rings. The van der Waals surface area contributed by atoms with Crippen molar-refractivity contribution in [2.24, 2.45) is 7.05 Å². The molecule has 0 spiro atoms. The van der Waals surface area contributed by atoms with Gasteiger partial charge in [-0.05, 0) is 50.5 Å². The van der Waals surface area contributed by atoms with E-state index in [4.69, 9.17) is 0 Å². The second kappa shape index (κ2) is 7.72. The van der Waals surface area contributed by atoms with Gasteiger partial charge in [0.25, 0.3) is 5.91 Å². The van der Waals surface area contributed by atoms with Gasteiger partial charge < -0.3 is 14.8 Å². The summed E-state index contributed by atoms with van der Waals surface area (Å²) in [5.41, 5.74) is 2.43. The third kappa shape index (κ3) is 3.64. The second-order valence-electron chi connectivity index (χ2n) is 6.88. The lowest BCUT2D eigenvalue weighted by molar-refractivity contribution is -0.132. The third-order valence-corrected chi connectivity index (χ3v) is 5.12. The number of nitrogens with one attached hydrogen (secondary N) is 1. The summed E-state index contributed by atoms with van der Waals surface area (Å²) in [6, 6.07) is 9.33. The van der Waals surface area contributed by atoms with Crippen LogP contribution in [-0.4, -0.2) is 32.8 Å². The number of likely N-dealkylation sites (tertiary alicyclic amines) is 1. The number of carbonyl (C=O) groups excluding carboxylic acids is 2. The number of aromatic nitrogens is 2. The lowest BCUT2D eigenvalue weighted by Gasteiger charge is -2.35. The van der Waals surface area contributed by atoms with E-state index < -0.39 is 0 Å². The molecule has 3 heterocycles. The summed E-state index contributed by atoms with van der Waals surface area (Å²) < 4.78 is 1.91. The number of carbonyl (C=O) groups is 2. The van der Waals surface area contributed by atoms with Gasteiger partial charge in [0.15, 0.2) is 0 Å². The van der Waals surface area contributed by atoms with Crippen molar-refractivity contribution in [1.29, 1.82) is 0 Å². The lowest BCUT2D eigenvalue weighted by atomic mass is 9.99. The zero-order chi connectivity index (χ0) is 18.7. The van der Waals surface area contributed by atoms with Crippen LogP contribution in [0.1, 0.15) is 67.1 Å². The molecule has 6 nitrogen and oxygen atoms in total. The fourth-order valence-electron chi connectivity index (χ4n) is 3.68. The number of amides is 2. The molecule has 3 rings (SSSR count). The molecular formula is C20H26N4O2. The largest absolute Gasteiger partial charge is 0.343 e. The first kappa shape index (κ1) is 18.2. The smallest absolute Gasteiger partial charge is 0.268 e. The number of nitrogens with zero attached hydrogens (tertiary/aromatic N) is 3. The molecule has 1 fully saturated rings. The van der Waals surface area contributed by atoms with Crippen LogP contribution >= 0.6 is 0 Å². The van der Waals surface area contributed by atoms with Crippen LogP contribution in [-0.2, 0) is 11.8 Å². The second-order valence-corrected chi connectivity index (χ2v) is 6.88. The topological polar surface area (TPSA) is 67.2 Å². The number of rotatable bonds is 4. The van der Waals surface area contributed by atoms with Crippen molar-refractivity contribution in [2.75, 3.05) is 6.54 Å². The Bertz CT molecular complexity index is 784. The maximum Gasteiger partial charge on any atom is 0.268 e. The average Bonchev–Trinajstić information content (AvgIpc) is 3.03. The summed E-state index contributed by atoms with van der Waals surface area (Å²) >= 11 is 0. The first-order chi connectivity index (χ1) is 12.5. The molecule has 0 saturated carbocycles. The molecule has 0 aliphatic carbocycles. The van der Waals surface area contributed by atoms with Crippen molar-refractivity contribution in [3.8, 4) is 0 Å². The summed E-state index contributed by atoms with van der Waals surface area (Å²) in [4.78, 5) is 30.9. The van der Waals surface area contributed by atoms with Crippen LogP contribution in [0.3, 0.4) is 0 Å². The summed E-state index contributed by atoms with van der Waals surface area (Å²) in [5, 5.41) is 3.00. The molecule has 26 heavy (non-hydrogen) atoms. The molecular weight excluding hydrogens is 328 g/mol. The summed E-state index contributed by atoms with van der Waals surface area (Å²) in [5.74, 6) is -0.0484. The number of pyridine rings is 1. The number of hydrogen-bond donors (Lipinski definition) is 1. The molecule has 0 bridgehead atoms. The van der Waals surface area contributed by atoms with E-state index in [2.05, 4.69) is 10.3 Å². The minimum atomic E-state index is -0.176. The molecule has 1 aliphatic heterocycles. The quantitative estimate of drug-likeness (QED) is 0.918. The first-order valence-corrected chi connectivity index (χ1v) is 9.13. The van der Waals surface area contributed by atoms with Crippen LogP contribution < -0.4 is 5.32 Å². The van der Waals surface area contributed by atoms with E-state index in [0.717, 1.165) is 37.2 Å². The van der Waals surface area contributed by atoms with E-state index in [1.807, 2.05) is 53.8 Å². The monoisotopic (exact) mass is 354 g/mol. The highest BCUT2D eigenvalue weighted by Gasteiger charge is 2.29. The SMILES string of the molecule is CC(=O)N1CCCC[C@H]1c1ccc(C(=O)N[C@@H](C)c2ccccn2)n1C. The van der Waals surface area contributed by atoms with Crippen molar-refractivity contribution < 1.29 is 9.59 Å². The van der Waals surface area contributed by atoms with E-state index in [-0.39, 0.29) is 23.9 Å². The van der Waals surface area contributed by atoms with E-state index in [0.29, 0.717) is 5.69 Å². The van der Waals surface area contributed by atoms with E-state index >= 15 is 0 Å². The van der Waals surface area contributed by atoms with Crippen molar-refractivity contribution >= 4 is 11.8 Å². The molecule has 2 amide bonds. The van der Waals surface area contributed by atoms with Crippen LogP contribution in [0, 0.1) is 0 Å². The summed E-state index contributed by atoms with van der Waals surface area (Å²) in [6.45, 7) is 4.32. The molecule has 138 valence electrons. The molecule has 1 N–H and O–H groups in total. The Hall–Kier alpha value is -2.63. The highest BCUT2D eigenvalue weighted by atomic mass is 16.2. The third-order valence-electron chi connectivity index (χ3n) is 5.12. The van der Waals surface area contributed by atoms with Crippen molar-refractivity contribution in [3.63, 3.8) is 0 Å². The fraction of sp³-hybridized carbons (Fsp3) is 0.450. The highest BCUT2D eigenvalue weighted by molar-refractivity contribution is 5.93. The van der Waals surface area contributed by atoms with E-state index in [1.165, 1.54) is 0 Å². The Kier molecular flexibility index (Phi) is 5.40. The lowest BCUT2D eigenvalue weighted by Crippen LogP contribution is -2.38. The fourth-order valence-corrected chi connectivity index (χ4v) is 3.68. The van der Waals surface area contributed by atoms with Crippen LogP contribution in [0.15, 0.2) is 36.5 Å². The maximum atomic E-state index is 12.7. The van der Waals surface area contributed by atoms with E-state index in [9.17, 15) is 9.59 Å². The van der Waals surface area contributed by atoms with Gasteiger partial charge in [-0.2, -0.15) is 0 Å². The molecule has 0 unspecified atom stereocenters. The highest BCUT2D eigenvalue weighted by Crippen LogP contribution is 2.31. The maximum absolute atomic E-state index is 12.7. The number of piperidine rings is 1. The Labute approximate surface area is 154 Å². The van der Waals surface area contributed by atoms with Gasteiger partial charge in [0.2, 0.25) is 5.91 Å². The predicted octanol–water partition coefficient (Wildman–Crippen LogP) is 2.98. The van der Waals surface area contributed by atoms with Crippen molar-refractivity contribution in [1.82, 2.24) is 19.8 Å². The molecule has 0 radical (unpaired) electrons. The van der Waals surface area contributed by atoms with Gasteiger partial charge in [0.1, 0.15) is 5.69 Å². The Morgan fingerprint density at radius 3 is 2.73 bits per heavy atom. The van der Waals surface area contributed by atoms with Crippen LogP contribution in [0.2, 0.25) is 0 Å². The van der Waals surface area contributed by atoms with Gasteiger partial charge in [-0.3, -0.25) is 14.6 Å². The minimum absolute atomic E-state index is 0.0426. The predicted molar refractivity (Wildman–Crippen MR) is 99.5 cm³/mol. The van der Waals surface area contributed by atoms with Crippen LogP contribution in [0.25, 0.3) is 0 Å². The first-order valence-electron chi connectivity index (χ1n) is 9.13. The molecule has 0 aromatic carbocycles. The molecule has 2 atom stereocenters. The van der Waals surface area contributed by atoms with E-state index in [1.54, 1.807) is 13.1 Å². The zero-order valence-corrected chi connectivity index (χ0v) is 15.6. The minimum Gasteiger partial charge on any atom is -0.343 e. The van der Waals surface area contributed by atoms with Gasteiger partial charge in [0, 0.05) is 32.4 Å². The van der Waals surface area contributed by atoms with Crippen molar-refractivity contribution in [2.45, 2.75) is 45.2 Å². The molecule has 6 heteroatoms. The van der Waals surface area contributed by atoms with Gasteiger partial charge >= 0.3 is 0 Å². The van der Waals surface area contributed by atoms with Crippen LogP contribution in [0.4, 0.5) is 0 Å². The standard InChI is InChI=1S/C20H26N4O2/c1-14(16-8-4-6-12-21-16)22-20(26)19-11-10-17(23(19)3)18-9-5-7-13-24(18)15(2)25/h4,6,8,10-12,14,18H,5,7,9,13H2,1-3H3,(H,22,26)/t14-,18-/m0/s1. The molecule has 2 aromatic rings. The summed E-state index contributed by atoms with van der Waals surface area (Å²) in [7, 11) is 1.89. The average molecular weight is 354 g/mol. The van der Waals surface area contributed by atoms with Gasteiger partial charge in [0.05, 0.1) is 17.8 Å². The Balaban J connectivity index is 1.78. The van der Waals surface area contributed by atoms with Gasteiger partial charge in [-0.25, -0.2) is 0 Å². The Morgan fingerprint density at radius 1 is 1.23 bits per heavy atom. The normalized spacial score (nSPS) is 18.4. The van der Waals surface area contributed by atoms with Crippen LogP contribution in [0.5, 0.6) is 0 Å². The molecule has 1 saturated heterocycles. The molecule has 2 aromatic heterocycles. The zero-order valence-electron chi connectivity index (χ0n) is 15.6. The summed E-state index contributed by atoms with van der Waals surface area (Å²) in [6.07, 6.45) is 4.79. The number of hydrogen-bond acceptors (Lipinski definition) is 3.